The van der Waals surface area contributed by atoms with E-state index in [2.05, 4.69) is 0 Å². The zero-order valence-electron chi connectivity index (χ0n) is 14.5. The van der Waals surface area contributed by atoms with Crippen LogP contribution in [0.15, 0.2) is 24.3 Å². The van der Waals surface area contributed by atoms with Crippen LogP contribution >= 0.6 is 0 Å². The van der Waals surface area contributed by atoms with Crippen molar-refractivity contribution >= 4 is 11.9 Å². The summed E-state index contributed by atoms with van der Waals surface area (Å²) >= 11 is 0. The molecule has 4 N–H and O–H groups in total. The molecule has 26 heavy (non-hydrogen) atoms. The number of benzene rings is 1. The molecular formula is C18H26O8. The Morgan fingerprint density at radius 2 is 1.23 bits per heavy atom. The Balaban J connectivity index is 2.48. The Morgan fingerprint density at radius 1 is 0.808 bits per heavy atom. The van der Waals surface area contributed by atoms with Crippen molar-refractivity contribution in [2.45, 2.75) is 37.9 Å². The summed E-state index contributed by atoms with van der Waals surface area (Å²) in [6.45, 7) is -0.290. The summed E-state index contributed by atoms with van der Waals surface area (Å²) in [5, 5.41) is 36.3. The van der Waals surface area contributed by atoms with Crippen LogP contribution in [0.4, 0.5) is 0 Å². The number of rotatable bonds is 12. The molecule has 0 fully saturated rings. The van der Waals surface area contributed by atoms with Gasteiger partial charge in [-0.2, -0.15) is 0 Å². The first-order chi connectivity index (χ1) is 12.5. The highest BCUT2D eigenvalue weighted by Gasteiger charge is 2.14. The van der Waals surface area contributed by atoms with Crippen molar-refractivity contribution in [3.05, 3.63) is 35.4 Å². The van der Waals surface area contributed by atoms with Gasteiger partial charge >= 0.3 is 11.9 Å². The first-order valence-electron chi connectivity index (χ1n) is 8.50. The van der Waals surface area contributed by atoms with Gasteiger partial charge in [0, 0.05) is 26.1 Å². The highest BCUT2D eigenvalue weighted by Crippen LogP contribution is 2.10. The second kappa shape index (κ2) is 12.4. The zero-order valence-corrected chi connectivity index (χ0v) is 14.5. The van der Waals surface area contributed by atoms with E-state index in [4.69, 9.17) is 19.7 Å². The van der Waals surface area contributed by atoms with Crippen molar-refractivity contribution in [1.29, 1.82) is 0 Å². The molecule has 0 saturated heterocycles. The third kappa shape index (κ3) is 8.39. The van der Waals surface area contributed by atoms with Crippen molar-refractivity contribution in [3.63, 3.8) is 0 Å². The van der Waals surface area contributed by atoms with Crippen LogP contribution in [0.2, 0.25) is 0 Å². The zero-order chi connectivity index (χ0) is 19.4. The van der Waals surface area contributed by atoms with E-state index >= 15 is 0 Å². The van der Waals surface area contributed by atoms with Gasteiger partial charge in [-0.25, -0.2) is 9.59 Å². The molecule has 1 aromatic rings. The third-order valence-electron chi connectivity index (χ3n) is 3.63. The molecule has 2 unspecified atom stereocenters. The van der Waals surface area contributed by atoms with Gasteiger partial charge in [0.25, 0.3) is 0 Å². The summed E-state index contributed by atoms with van der Waals surface area (Å²) in [7, 11) is 0. The number of carbonyl (C=O) groups excluding carboxylic acids is 2. The van der Waals surface area contributed by atoms with Crippen molar-refractivity contribution in [2.75, 3.05) is 26.4 Å². The lowest BCUT2D eigenvalue weighted by molar-refractivity contribution is 0.0405. The molecule has 0 heterocycles. The van der Waals surface area contributed by atoms with Crippen molar-refractivity contribution < 1.29 is 39.5 Å². The SMILES string of the molecule is O=C(OCCC(O)CCO)c1cccc(C(=O)OCCC(O)CCO)c1. The average molecular weight is 370 g/mol. The van der Waals surface area contributed by atoms with Gasteiger partial charge in [-0.3, -0.25) is 0 Å². The molecule has 2 atom stereocenters. The van der Waals surface area contributed by atoms with Crippen LogP contribution < -0.4 is 0 Å². The maximum Gasteiger partial charge on any atom is 0.338 e. The predicted molar refractivity (Wildman–Crippen MR) is 91.7 cm³/mol. The number of ether oxygens (including phenoxy) is 2. The number of carbonyl (C=O) groups is 2. The van der Waals surface area contributed by atoms with E-state index in [-0.39, 0.29) is 63.2 Å². The molecule has 0 aromatic heterocycles. The normalized spacial score (nSPS) is 13.1. The van der Waals surface area contributed by atoms with E-state index in [9.17, 15) is 19.8 Å². The Hall–Kier alpha value is -2.00. The van der Waals surface area contributed by atoms with Crippen molar-refractivity contribution in [1.82, 2.24) is 0 Å². The summed E-state index contributed by atoms with van der Waals surface area (Å²) in [6, 6.07) is 5.86. The van der Waals surface area contributed by atoms with E-state index < -0.39 is 24.1 Å². The van der Waals surface area contributed by atoms with Crippen LogP contribution in [-0.4, -0.2) is 71.0 Å². The molecule has 0 spiro atoms. The van der Waals surface area contributed by atoms with Gasteiger partial charge in [-0.05, 0) is 31.0 Å². The standard InChI is InChI=1S/C18H26O8/c19-8-4-15(21)6-10-25-17(23)13-2-1-3-14(12-13)18(24)26-11-7-16(22)5-9-20/h1-3,12,15-16,19-22H,4-11H2. The van der Waals surface area contributed by atoms with Crippen LogP contribution in [0.25, 0.3) is 0 Å². The first kappa shape index (κ1) is 22.0. The summed E-state index contributed by atoms with van der Waals surface area (Å²) < 4.78 is 10.1. The van der Waals surface area contributed by atoms with Crippen LogP contribution in [-0.2, 0) is 9.47 Å². The van der Waals surface area contributed by atoms with Crippen molar-refractivity contribution in [3.8, 4) is 0 Å². The number of aliphatic hydroxyl groups excluding tert-OH is 4. The molecule has 146 valence electrons. The number of esters is 2. The highest BCUT2D eigenvalue weighted by molar-refractivity contribution is 5.95. The predicted octanol–water partition coefficient (Wildman–Crippen LogP) is 0.267. The molecule has 0 amide bonds. The lowest BCUT2D eigenvalue weighted by Gasteiger charge is -2.11. The van der Waals surface area contributed by atoms with Gasteiger partial charge in [-0.15, -0.1) is 0 Å². The summed E-state index contributed by atoms with van der Waals surface area (Å²) in [6.07, 6.45) is -0.628. The molecule has 0 aliphatic heterocycles. The maximum absolute atomic E-state index is 12.0. The number of aliphatic hydroxyl groups is 4. The van der Waals surface area contributed by atoms with E-state index in [1.54, 1.807) is 0 Å². The second-order valence-electron chi connectivity index (χ2n) is 5.76. The van der Waals surface area contributed by atoms with Crippen LogP contribution in [0, 0.1) is 0 Å². The van der Waals surface area contributed by atoms with Gasteiger partial charge in [0.1, 0.15) is 0 Å². The molecule has 0 bridgehead atoms. The topological polar surface area (TPSA) is 134 Å². The quantitative estimate of drug-likeness (QED) is 0.385. The fraction of sp³-hybridized carbons (Fsp3) is 0.556. The minimum atomic E-state index is -0.740. The van der Waals surface area contributed by atoms with E-state index in [0.29, 0.717) is 0 Å². The minimum Gasteiger partial charge on any atom is -0.462 e. The summed E-state index contributed by atoms with van der Waals surface area (Å²) in [5.74, 6) is -1.26. The minimum absolute atomic E-state index is 0.00256. The van der Waals surface area contributed by atoms with E-state index in [0.717, 1.165) is 0 Å². The number of hydrogen-bond donors (Lipinski definition) is 4. The van der Waals surface area contributed by atoms with Gasteiger partial charge < -0.3 is 29.9 Å². The molecule has 0 radical (unpaired) electrons. The fourth-order valence-corrected chi connectivity index (χ4v) is 2.10. The molecule has 1 aromatic carbocycles. The van der Waals surface area contributed by atoms with Crippen LogP contribution in [0.3, 0.4) is 0 Å². The lowest BCUT2D eigenvalue weighted by atomic mass is 10.1. The second-order valence-corrected chi connectivity index (χ2v) is 5.76. The molecule has 8 heteroatoms. The molecule has 0 aliphatic rings. The highest BCUT2D eigenvalue weighted by atomic mass is 16.5. The number of hydrogen-bond acceptors (Lipinski definition) is 8. The Labute approximate surface area is 152 Å². The monoisotopic (exact) mass is 370 g/mol. The molecular weight excluding hydrogens is 344 g/mol. The fourth-order valence-electron chi connectivity index (χ4n) is 2.10. The first-order valence-corrected chi connectivity index (χ1v) is 8.50. The summed E-state index contributed by atoms with van der Waals surface area (Å²) in [5.41, 5.74) is 0.354. The van der Waals surface area contributed by atoms with Crippen molar-refractivity contribution in [2.24, 2.45) is 0 Å². The van der Waals surface area contributed by atoms with E-state index in [1.807, 2.05) is 0 Å². The lowest BCUT2D eigenvalue weighted by Crippen LogP contribution is -2.16. The Kier molecular flexibility index (Phi) is 10.5. The Bertz CT molecular complexity index is 515. The summed E-state index contributed by atoms with van der Waals surface area (Å²) in [4.78, 5) is 23.9. The smallest absolute Gasteiger partial charge is 0.338 e. The molecule has 0 aliphatic carbocycles. The van der Waals surface area contributed by atoms with Crippen LogP contribution in [0.5, 0.6) is 0 Å². The maximum atomic E-state index is 12.0. The van der Waals surface area contributed by atoms with Gasteiger partial charge in [0.05, 0.1) is 36.5 Å². The largest absolute Gasteiger partial charge is 0.462 e. The van der Waals surface area contributed by atoms with Crippen LogP contribution in [0.1, 0.15) is 46.4 Å². The van der Waals surface area contributed by atoms with Gasteiger partial charge in [0.2, 0.25) is 0 Å². The molecule has 0 saturated carbocycles. The third-order valence-corrected chi connectivity index (χ3v) is 3.63. The molecule has 1 rings (SSSR count). The average Bonchev–Trinajstić information content (AvgIpc) is 2.62. The van der Waals surface area contributed by atoms with Gasteiger partial charge in [0.15, 0.2) is 0 Å². The van der Waals surface area contributed by atoms with Gasteiger partial charge in [-0.1, -0.05) is 6.07 Å². The van der Waals surface area contributed by atoms with E-state index in [1.165, 1.54) is 24.3 Å². The Morgan fingerprint density at radius 3 is 1.62 bits per heavy atom. The molecule has 8 nitrogen and oxygen atoms in total.